The van der Waals surface area contributed by atoms with Crippen molar-refractivity contribution < 1.29 is 9.53 Å². The Bertz CT molecular complexity index is 567. The molecule has 0 aliphatic heterocycles. The molecule has 1 unspecified atom stereocenters. The van der Waals surface area contributed by atoms with E-state index in [4.69, 9.17) is 4.74 Å². The van der Waals surface area contributed by atoms with Crippen molar-refractivity contribution in [3.05, 3.63) is 72.9 Å². The first kappa shape index (κ1) is 28.3. The smallest absolute Gasteiger partial charge is 0.319 e. The standard InChI is InChI=1S/C27H42O2S/c1-4-7-8-9-10-11-12-13-14-15-16-17-18-19-20-21-22-23-24-26(30-25-5-2)27(28)29-6-3/h7-8,10-11,13-14,16-17,19-20,22-23,26H,4-6,9,12,15,18,21,24-25H2,1-3H3. The van der Waals surface area contributed by atoms with E-state index in [1.807, 2.05) is 6.92 Å². The van der Waals surface area contributed by atoms with Gasteiger partial charge in [0.15, 0.2) is 0 Å². The van der Waals surface area contributed by atoms with Gasteiger partial charge in [-0.1, -0.05) is 86.8 Å². The van der Waals surface area contributed by atoms with Crippen LogP contribution in [0.3, 0.4) is 0 Å². The molecule has 0 radical (unpaired) electrons. The van der Waals surface area contributed by atoms with Crippen LogP contribution in [-0.2, 0) is 9.53 Å². The first-order valence-corrected chi connectivity index (χ1v) is 12.5. The molecule has 0 N–H and O–H groups in total. The molecular weight excluding hydrogens is 388 g/mol. The van der Waals surface area contributed by atoms with Crippen LogP contribution < -0.4 is 0 Å². The maximum absolute atomic E-state index is 12.0. The van der Waals surface area contributed by atoms with Gasteiger partial charge in [0.2, 0.25) is 0 Å². The molecule has 0 bridgehead atoms. The highest BCUT2D eigenvalue weighted by molar-refractivity contribution is 8.00. The van der Waals surface area contributed by atoms with Crippen LogP contribution in [0.2, 0.25) is 0 Å². The second-order valence-corrected chi connectivity index (χ2v) is 8.07. The maximum Gasteiger partial charge on any atom is 0.319 e. The zero-order valence-electron chi connectivity index (χ0n) is 19.3. The van der Waals surface area contributed by atoms with Crippen molar-refractivity contribution in [1.82, 2.24) is 0 Å². The Labute approximate surface area is 189 Å². The fraction of sp³-hybridized carbons (Fsp3) is 0.519. The summed E-state index contributed by atoms with van der Waals surface area (Å²) in [5.41, 5.74) is 0. The molecule has 2 nitrogen and oxygen atoms in total. The molecule has 0 amide bonds. The molecule has 0 aromatic carbocycles. The molecule has 0 saturated heterocycles. The summed E-state index contributed by atoms with van der Waals surface area (Å²) in [7, 11) is 0. The Morgan fingerprint density at radius 2 is 1.13 bits per heavy atom. The average molecular weight is 431 g/mol. The number of rotatable bonds is 18. The Balaban J connectivity index is 3.86. The molecule has 0 spiro atoms. The van der Waals surface area contributed by atoms with E-state index in [0.29, 0.717) is 6.61 Å². The topological polar surface area (TPSA) is 26.3 Å². The summed E-state index contributed by atoms with van der Waals surface area (Å²) in [6.07, 6.45) is 34.1. The highest BCUT2D eigenvalue weighted by atomic mass is 32.2. The predicted molar refractivity (Wildman–Crippen MR) is 136 cm³/mol. The molecular formula is C27H42O2S. The van der Waals surface area contributed by atoms with Crippen LogP contribution in [0.4, 0.5) is 0 Å². The summed E-state index contributed by atoms with van der Waals surface area (Å²) in [6, 6.07) is 0. The minimum Gasteiger partial charge on any atom is -0.465 e. The second-order valence-electron chi connectivity index (χ2n) is 6.76. The first-order chi connectivity index (χ1) is 14.8. The van der Waals surface area contributed by atoms with E-state index in [9.17, 15) is 4.79 Å². The van der Waals surface area contributed by atoms with Crippen molar-refractivity contribution in [1.29, 1.82) is 0 Å². The molecule has 30 heavy (non-hydrogen) atoms. The van der Waals surface area contributed by atoms with E-state index < -0.39 is 0 Å². The zero-order valence-corrected chi connectivity index (χ0v) is 20.1. The lowest BCUT2D eigenvalue weighted by molar-refractivity contribution is -0.142. The quantitative estimate of drug-likeness (QED) is 0.162. The van der Waals surface area contributed by atoms with Crippen molar-refractivity contribution in [2.45, 2.75) is 77.4 Å². The van der Waals surface area contributed by atoms with E-state index in [1.165, 1.54) is 0 Å². The second kappa shape index (κ2) is 23.5. The summed E-state index contributed by atoms with van der Waals surface area (Å²) in [5, 5.41) is -0.0745. The van der Waals surface area contributed by atoms with Crippen LogP contribution >= 0.6 is 11.8 Å². The van der Waals surface area contributed by atoms with E-state index in [-0.39, 0.29) is 11.2 Å². The van der Waals surface area contributed by atoms with Gasteiger partial charge in [-0.3, -0.25) is 4.79 Å². The third-order valence-corrected chi connectivity index (χ3v) is 5.45. The number of thioether (sulfide) groups is 1. The molecule has 0 aliphatic rings. The van der Waals surface area contributed by atoms with Crippen LogP contribution in [0.1, 0.15) is 72.1 Å². The highest BCUT2D eigenvalue weighted by Gasteiger charge is 2.17. The molecule has 0 aromatic rings. The van der Waals surface area contributed by atoms with Gasteiger partial charge in [0.05, 0.1) is 6.61 Å². The average Bonchev–Trinajstić information content (AvgIpc) is 2.75. The van der Waals surface area contributed by atoms with Crippen molar-refractivity contribution in [3.8, 4) is 0 Å². The van der Waals surface area contributed by atoms with Gasteiger partial charge in [0, 0.05) is 0 Å². The maximum atomic E-state index is 12.0. The number of ether oxygens (including phenoxy) is 1. The van der Waals surface area contributed by atoms with Gasteiger partial charge in [-0.25, -0.2) is 0 Å². The number of carbonyl (C=O) groups excluding carboxylic acids is 1. The predicted octanol–water partition coefficient (Wildman–Crippen LogP) is 8.15. The molecule has 0 aromatic heterocycles. The zero-order chi connectivity index (χ0) is 22.1. The van der Waals surface area contributed by atoms with E-state index in [0.717, 1.165) is 57.1 Å². The van der Waals surface area contributed by atoms with E-state index in [1.54, 1.807) is 11.8 Å². The van der Waals surface area contributed by atoms with Gasteiger partial charge < -0.3 is 4.74 Å². The van der Waals surface area contributed by atoms with Gasteiger partial charge in [0.25, 0.3) is 0 Å². The van der Waals surface area contributed by atoms with Crippen LogP contribution in [0, 0.1) is 0 Å². The summed E-state index contributed by atoms with van der Waals surface area (Å²) in [6.45, 7) is 6.59. The Morgan fingerprint density at radius 3 is 1.53 bits per heavy atom. The van der Waals surface area contributed by atoms with Crippen LogP contribution in [0.5, 0.6) is 0 Å². The summed E-state index contributed by atoms with van der Waals surface area (Å²) in [4.78, 5) is 12.0. The Morgan fingerprint density at radius 1 is 0.700 bits per heavy atom. The SMILES string of the molecule is CCC=CCC=CCC=CCC=CCC=CCC=CCC(SCCC)C(=O)OCC. The Hall–Kier alpha value is -1.74. The summed E-state index contributed by atoms with van der Waals surface area (Å²) >= 11 is 1.69. The fourth-order valence-electron chi connectivity index (χ4n) is 2.47. The first-order valence-electron chi connectivity index (χ1n) is 11.4. The third kappa shape index (κ3) is 19.6. The van der Waals surface area contributed by atoms with Gasteiger partial charge in [-0.2, -0.15) is 0 Å². The minimum absolute atomic E-state index is 0.0745. The Kier molecular flexibility index (Phi) is 22.2. The number of hydrogen-bond acceptors (Lipinski definition) is 3. The number of hydrogen-bond donors (Lipinski definition) is 0. The normalized spacial score (nSPS) is 13.8. The molecule has 3 heteroatoms. The number of carbonyl (C=O) groups is 1. The largest absolute Gasteiger partial charge is 0.465 e. The molecule has 1 atom stereocenters. The molecule has 0 saturated carbocycles. The third-order valence-electron chi connectivity index (χ3n) is 4.02. The van der Waals surface area contributed by atoms with Crippen molar-refractivity contribution in [2.24, 2.45) is 0 Å². The number of esters is 1. The van der Waals surface area contributed by atoms with Gasteiger partial charge in [-0.15, -0.1) is 11.8 Å². The van der Waals surface area contributed by atoms with Gasteiger partial charge in [-0.05, 0) is 64.0 Å². The fourth-order valence-corrected chi connectivity index (χ4v) is 3.44. The monoisotopic (exact) mass is 430 g/mol. The van der Waals surface area contributed by atoms with Crippen LogP contribution in [0.25, 0.3) is 0 Å². The van der Waals surface area contributed by atoms with Gasteiger partial charge in [0.1, 0.15) is 5.25 Å². The molecule has 168 valence electrons. The van der Waals surface area contributed by atoms with Gasteiger partial charge >= 0.3 is 5.97 Å². The molecule has 0 aliphatic carbocycles. The van der Waals surface area contributed by atoms with Crippen LogP contribution in [0.15, 0.2) is 72.9 Å². The lowest BCUT2D eigenvalue weighted by Gasteiger charge is -2.12. The lowest BCUT2D eigenvalue weighted by atomic mass is 10.2. The highest BCUT2D eigenvalue weighted by Crippen LogP contribution is 2.18. The lowest BCUT2D eigenvalue weighted by Crippen LogP contribution is -2.20. The number of allylic oxidation sites excluding steroid dienone is 12. The molecule has 0 fully saturated rings. The van der Waals surface area contributed by atoms with Crippen molar-refractivity contribution >= 4 is 17.7 Å². The van der Waals surface area contributed by atoms with E-state index >= 15 is 0 Å². The summed E-state index contributed by atoms with van der Waals surface area (Å²) in [5.74, 6) is 0.905. The minimum atomic E-state index is -0.0875. The van der Waals surface area contributed by atoms with Crippen molar-refractivity contribution in [2.75, 3.05) is 12.4 Å². The van der Waals surface area contributed by atoms with E-state index in [2.05, 4.69) is 86.8 Å². The summed E-state index contributed by atoms with van der Waals surface area (Å²) < 4.78 is 5.16. The molecule has 0 rings (SSSR count). The van der Waals surface area contributed by atoms with Crippen LogP contribution in [-0.4, -0.2) is 23.6 Å². The molecule has 0 heterocycles. The van der Waals surface area contributed by atoms with Crippen molar-refractivity contribution in [3.63, 3.8) is 0 Å².